The number of nitrogens with two attached hydrogens (primary N) is 1. The van der Waals surface area contributed by atoms with Crippen LogP contribution >= 0.6 is 0 Å². The van der Waals surface area contributed by atoms with E-state index in [1.807, 2.05) is 20.8 Å². The Balaban J connectivity index is 2.12. The molecule has 3 N–H and O–H groups in total. The highest BCUT2D eigenvalue weighted by atomic mass is 16.5. The van der Waals surface area contributed by atoms with Gasteiger partial charge < -0.3 is 25.1 Å². The van der Waals surface area contributed by atoms with Crippen LogP contribution in [0.15, 0.2) is 18.2 Å². The van der Waals surface area contributed by atoms with Crippen molar-refractivity contribution in [2.45, 2.75) is 51.6 Å². The molecule has 2 heterocycles. The fourth-order valence-corrected chi connectivity index (χ4v) is 5.08. The van der Waals surface area contributed by atoms with Gasteiger partial charge in [0.25, 0.3) is 0 Å². The van der Waals surface area contributed by atoms with Crippen LogP contribution in [-0.4, -0.2) is 47.0 Å². The van der Waals surface area contributed by atoms with Crippen LogP contribution in [0.3, 0.4) is 0 Å². The van der Waals surface area contributed by atoms with Crippen LogP contribution in [0.4, 0.5) is 0 Å². The Morgan fingerprint density at radius 1 is 1.33 bits per heavy atom. The molecule has 3 rings (SSSR count). The van der Waals surface area contributed by atoms with Crippen molar-refractivity contribution in [3.8, 4) is 11.5 Å². The number of carbonyl (C=O) groups is 3. The third-order valence-corrected chi connectivity index (χ3v) is 6.32. The lowest BCUT2D eigenvalue weighted by Gasteiger charge is -2.34. The highest BCUT2D eigenvalue weighted by molar-refractivity contribution is 6.08. The van der Waals surface area contributed by atoms with E-state index in [2.05, 4.69) is 0 Å². The molecule has 2 aliphatic heterocycles. The third kappa shape index (κ3) is 3.43. The maximum atomic E-state index is 13.3. The number of carboxylic acids is 1. The first kappa shape index (κ1) is 22.1. The summed E-state index contributed by atoms with van der Waals surface area (Å²) in [5.74, 6) is -3.75. The van der Waals surface area contributed by atoms with Crippen molar-refractivity contribution in [1.82, 2.24) is 4.90 Å². The molecule has 2 saturated heterocycles. The summed E-state index contributed by atoms with van der Waals surface area (Å²) in [6.07, 6.45) is 1.64. The van der Waals surface area contributed by atoms with Crippen molar-refractivity contribution in [1.29, 1.82) is 0 Å². The molecule has 164 valence electrons. The number of fused-ring (bicyclic) bond motifs is 1. The Bertz CT molecular complexity index is 854. The molecule has 4 unspecified atom stereocenters. The summed E-state index contributed by atoms with van der Waals surface area (Å²) in [5, 5.41) is 24.6. The highest BCUT2D eigenvalue weighted by Crippen LogP contribution is 2.47. The van der Waals surface area contributed by atoms with Gasteiger partial charge in [0, 0.05) is 19.0 Å². The van der Waals surface area contributed by atoms with E-state index in [1.165, 1.54) is 18.1 Å². The van der Waals surface area contributed by atoms with Crippen LogP contribution in [0.1, 0.15) is 51.6 Å². The van der Waals surface area contributed by atoms with E-state index in [0.29, 0.717) is 17.7 Å². The third-order valence-electron chi connectivity index (χ3n) is 6.32. The Labute approximate surface area is 176 Å². The number of phenols is 1. The Hall–Kier alpha value is -2.61. The van der Waals surface area contributed by atoms with Crippen LogP contribution in [0.25, 0.3) is 0 Å². The number of aromatic hydroxyl groups is 1. The monoisotopic (exact) mass is 418 g/mol. The van der Waals surface area contributed by atoms with E-state index < -0.39 is 35.3 Å². The van der Waals surface area contributed by atoms with E-state index in [-0.39, 0.29) is 30.5 Å². The smallest absolute Gasteiger partial charge is 0.240 e. The van der Waals surface area contributed by atoms with Gasteiger partial charge in [-0.25, -0.2) is 0 Å². The van der Waals surface area contributed by atoms with E-state index >= 15 is 0 Å². The minimum Gasteiger partial charge on any atom is -0.544 e. The number of carboxylic acid groups (broad SMARTS) is 1. The topological polar surface area (TPSA) is 124 Å². The zero-order chi connectivity index (χ0) is 22.2. The highest BCUT2D eigenvalue weighted by Gasteiger charge is 2.69. The molecule has 0 spiro atoms. The van der Waals surface area contributed by atoms with Gasteiger partial charge in [0.05, 0.1) is 12.7 Å². The van der Waals surface area contributed by atoms with Gasteiger partial charge in [-0.05, 0) is 24.5 Å². The Morgan fingerprint density at radius 3 is 2.57 bits per heavy atom. The lowest BCUT2D eigenvalue weighted by atomic mass is 9.75. The summed E-state index contributed by atoms with van der Waals surface area (Å²) in [6.45, 7) is 5.99. The number of nitrogens with zero attached hydrogens (tertiary/aromatic N) is 1. The molecule has 1 aromatic carbocycles. The molecule has 2 amide bonds. The fourth-order valence-electron chi connectivity index (χ4n) is 5.08. The van der Waals surface area contributed by atoms with Crippen LogP contribution < -0.4 is 15.2 Å². The van der Waals surface area contributed by atoms with Gasteiger partial charge in [-0.2, -0.15) is 0 Å². The number of carbonyl (C=O) groups excluding carboxylic acids is 3. The van der Waals surface area contributed by atoms with Crippen LogP contribution in [-0.2, 0) is 14.4 Å². The molecule has 0 radical (unpaired) electrons. The fraction of sp³-hybridized carbons (Fsp3) is 0.591. The number of imide groups is 1. The lowest BCUT2D eigenvalue weighted by Crippen LogP contribution is -2.99. The maximum absolute atomic E-state index is 13.3. The zero-order valence-corrected chi connectivity index (χ0v) is 17.9. The Kier molecular flexibility index (Phi) is 6.08. The van der Waals surface area contributed by atoms with Crippen molar-refractivity contribution in [3.05, 3.63) is 23.8 Å². The molecule has 30 heavy (non-hydrogen) atoms. The molecule has 4 atom stereocenters. The normalized spacial score (nSPS) is 28.3. The molecule has 0 aliphatic carbocycles. The van der Waals surface area contributed by atoms with Gasteiger partial charge in [0.1, 0.15) is 40.9 Å². The summed E-state index contributed by atoms with van der Waals surface area (Å²) in [7, 11) is 1.47. The number of hydrogen-bond donors (Lipinski definition) is 2. The number of phenolic OH excluding ortho intramolecular Hbond substituents is 1. The van der Waals surface area contributed by atoms with E-state index in [1.54, 1.807) is 17.4 Å². The van der Waals surface area contributed by atoms with Crippen LogP contribution in [0.5, 0.6) is 11.5 Å². The molecule has 0 bridgehead atoms. The molecule has 0 aromatic heterocycles. The number of ether oxygens (including phenoxy) is 1. The average Bonchev–Trinajstić information content (AvgIpc) is 3.14. The lowest BCUT2D eigenvalue weighted by molar-refractivity contribution is -0.740. The molecule has 2 fully saturated rings. The summed E-state index contributed by atoms with van der Waals surface area (Å²) >= 11 is 0. The van der Waals surface area contributed by atoms with Crippen molar-refractivity contribution in [3.63, 3.8) is 0 Å². The number of methoxy groups -OCH3 is 1. The summed E-state index contributed by atoms with van der Waals surface area (Å²) in [6, 6.07) is 3.99. The second kappa shape index (κ2) is 8.26. The molecule has 8 nitrogen and oxygen atoms in total. The van der Waals surface area contributed by atoms with Gasteiger partial charge in [-0.15, -0.1) is 0 Å². The largest absolute Gasteiger partial charge is 0.544 e. The molecule has 2 aliphatic rings. The molecule has 0 saturated carbocycles. The number of unbranched alkanes of at least 4 members (excludes halogenated alkanes) is 1. The number of rotatable bonds is 8. The Morgan fingerprint density at radius 2 is 2.03 bits per heavy atom. The van der Waals surface area contributed by atoms with Crippen LogP contribution in [0.2, 0.25) is 0 Å². The first-order chi connectivity index (χ1) is 14.2. The maximum Gasteiger partial charge on any atom is 0.240 e. The predicted molar refractivity (Wildman–Crippen MR) is 105 cm³/mol. The van der Waals surface area contributed by atoms with E-state index in [9.17, 15) is 24.6 Å². The van der Waals surface area contributed by atoms with E-state index in [0.717, 1.165) is 6.42 Å². The molecule has 8 heteroatoms. The van der Waals surface area contributed by atoms with Gasteiger partial charge in [0.2, 0.25) is 11.8 Å². The number of benzene rings is 1. The first-order valence-electron chi connectivity index (χ1n) is 10.5. The number of amides is 2. The SMILES string of the molecule is CCCCN1C(=O)C2C(c3ccc(OC)cc3O)[NH2+]C(CC(C)C)(C(=O)[O-])C2C1=O. The molecule has 1 aromatic rings. The van der Waals surface area contributed by atoms with E-state index in [4.69, 9.17) is 4.74 Å². The number of hydrogen-bond acceptors (Lipinski definition) is 6. The summed E-state index contributed by atoms with van der Waals surface area (Å²) in [5.41, 5.74) is -1.15. The molecular weight excluding hydrogens is 388 g/mol. The zero-order valence-electron chi connectivity index (χ0n) is 17.9. The standard InChI is InChI=1S/C22H30N2O6/c1-5-6-9-24-19(26)16-17(20(24)27)22(21(28)29,11-12(2)3)23-18(16)14-8-7-13(30-4)10-15(14)25/h7-8,10,12,16-18,23,25H,5-6,9,11H2,1-4H3,(H,28,29). The quantitative estimate of drug-likeness (QED) is 0.571. The van der Waals surface area contributed by atoms with Gasteiger partial charge in [-0.1, -0.05) is 27.2 Å². The second-order valence-electron chi connectivity index (χ2n) is 8.73. The second-order valence-corrected chi connectivity index (χ2v) is 8.73. The number of likely N-dealkylation sites (tertiary alicyclic amines) is 1. The summed E-state index contributed by atoms with van der Waals surface area (Å²) < 4.78 is 5.13. The average molecular weight is 418 g/mol. The van der Waals surface area contributed by atoms with Crippen LogP contribution in [0, 0.1) is 17.8 Å². The summed E-state index contributed by atoms with van der Waals surface area (Å²) in [4.78, 5) is 40.2. The minimum absolute atomic E-state index is 0.0318. The molecular formula is C22H30N2O6. The number of aliphatic carboxylic acids is 1. The number of quaternary nitrogens is 1. The van der Waals surface area contributed by atoms with Gasteiger partial charge in [0.15, 0.2) is 0 Å². The minimum atomic E-state index is -1.57. The van der Waals surface area contributed by atoms with Crippen molar-refractivity contribution >= 4 is 17.8 Å². The van der Waals surface area contributed by atoms with Crippen molar-refractivity contribution in [2.75, 3.05) is 13.7 Å². The van der Waals surface area contributed by atoms with Crippen molar-refractivity contribution < 1.29 is 34.7 Å². The van der Waals surface area contributed by atoms with Gasteiger partial charge >= 0.3 is 0 Å². The first-order valence-corrected chi connectivity index (χ1v) is 10.5. The van der Waals surface area contributed by atoms with Gasteiger partial charge in [-0.3, -0.25) is 14.5 Å². The predicted octanol–water partition coefficient (Wildman–Crippen LogP) is -0.0450. The van der Waals surface area contributed by atoms with Crippen molar-refractivity contribution in [2.24, 2.45) is 17.8 Å².